The molecule has 19 heavy (non-hydrogen) atoms. The Bertz CT molecular complexity index is 521. The topological polar surface area (TPSA) is 78.4 Å². The van der Waals surface area contributed by atoms with Crippen molar-refractivity contribution in [2.45, 2.75) is 38.6 Å². The maximum absolute atomic E-state index is 11.8. The molecule has 1 aromatic rings. The van der Waals surface area contributed by atoms with E-state index in [0.29, 0.717) is 18.5 Å². The first-order chi connectivity index (χ1) is 8.93. The monoisotopic (exact) mass is 262 g/mol. The molecule has 2 amide bonds. The minimum atomic E-state index is -1.08. The van der Waals surface area contributed by atoms with Crippen molar-refractivity contribution in [2.24, 2.45) is 0 Å². The van der Waals surface area contributed by atoms with Crippen LogP contribution in [-0.4, -0.2) is 22.6 Å². The number of hydrogen-bond donors (Lipinski definition) is 3. The van der Waals surface area contributed by atoms with E-state index in [1.807, 2.05) is 26.0 Å². The summed E-state index contributed by atoms with van der Waals surface area (Å²) >= 11 is 0. The van der Waals surface area contributed by atoms with Crippen LogP contribution in [0.1, 0.15) is 30.4 Å². The van der Waals surface area contributed by atoms with Crippen LogP contribution < -0.4 is 10.6 Å². The minimum Gasteiger partial charge on any atom is -0.480 e. The summed E-state index contributed by atoms with van der Waals surface area (Å²) in [5.74, 6) is -0.964. The van der Waals surface area contributed by atoms with Crippen LogP contribution >= 0.6 is 0 Å². The summed E-state index contributed by atoms with van der Waals surface area (Å²) in [5.41, 5.74) is 1.81. The van der Waals surface area contributed by atoms with Crippen LogP contribution in [0.4, 0.5) is 10.5 Å². The number of amides is 2. The van der Waals surface area contributed by atoms with E-state index in [0.717, 1.165) is 17.5 Å². The average Bonchev–Trinajstić information content (AvgIpc) is 2.28. The van der Waals surface area contributed by atoms with E-state index in [9.17, 15) is 9.59 Å². The highest BCUT2D eigenvalue weighted by Gasteiger charge is 2.45. The van der Waals surface area contributed by atoms with Gasteiger partial charge < -0.3 is 15.7 Å². The SMILES string of the molecule is Cc1ccc(NC(=O)NC2(C(=O)O)CCC2)cc1C. The molecule has 0 radical (unpaired) electrons. The second kappa shape index (κ2) is 4.91. The maximum atomic E-state index is 11.8. The van der Waals surface area contributed by atoms with Crippen LogP contribution in [0.25, 0.3) is 0 Å². The highest BCUT2D eigenvalue weighted by atomic mass is 16.4. The zero-order valence-electron chi connectivity index (χ0n) is 11.1. The van der Waals surface area contributed by atoms with Crippen molar-refractivity contribution in [2.75, 3.05) is 5.32 Å². The Balaban J connectivity index is 2.01. The highest BCUT2D eigenvalue weighted by molar-refractivity contribution is 5.94. The normalized spacial score (nSPS) is 16.3. The van der Waals surface area contributed by atoms with Crippen molar-refractivity contribution < 1.29 is 14.7 Å². The van der Waals surface area contributed by atoms with E-state index in [4.69, 9.17) is 5.11 Å². The molecule has 0 aliphatic heterocycles. The fourth-order valence-corrected chi connectivity index (χ4v) is 2.12. The number of carbonyl (C=O) groups excluding carboxylic acids is 1. The van der Waals surface area contributed by atoms with Gasteiger partial charge in [-0.05, 0) is 56.4 Å². The van der Waals surface area contributed by atoms with Crippen molar-refractivity contribution in [3.05, 3.63) is 29.3 Å². The molecule has 2 rings (SSSR count). The number of rotatable bonds is 3. The average molecular weight is 262 g/mol. The molecule has 0 heterocycles. The quantitative estimate of drug-likeness (QED) is 0.782. The minimum absolute atomic E-state index is 0.467. The number of aryl methyl sites for hydroxylation is 2. The largest absolute Gasteiger partial charge is 0.480 e. The molecule has 102 valence electrons. The van der Waals surface area contributed by atoms with Gasteiger partial charge in [0.05, 0.1) is 0 Å². The van der Waals surface area contributed by atoms with Gasteiger partial charge in [0.1, 0.15) is 5.54 Å². The number of benzene rings is 1. The van der Waals surface area contributed by atoms with Crippen molar-refractivity contribution in [1.82, 2.24) is 5.32 Å². The Hall–Kier alpha value is -2.04. The summed E-state index contributed by atoms with van der Waals surface area (Å²) in [6, 6.07) is 5.12. The van der Waals surface area contributed by atoms with Gasteiger partial charge in [0.2, 0.25) is 0 Å². The first kappa shape index (κ1) is 13.4. The number of anilines is 1. The van der Waals surface area contributed by atoms with Gasteiger partial charge in [-0.15, -0.1) is 0 Å². The summed E-state index contributed by atoms with van der Waals surface area (Å²) in [5, 5.41) is 14.4. The van der Waals surface area contributed by atoms with E-state index in [-0.39, 0.29) is 0 Å². The molecule has 5 heteroatoms. The molecule has 1 aliphatic rings. The standard InChI is InChI=1S/C14H18N2O3/c1-9-4-5-11(8-10(9)2)15-13(19)16-14(12(17)18)6-3-7-14/h4-5,8H,3,6-7H2,1-2H3,(H,17,18)(H2,15,16,19). The molecule has 0 spiro atoms. The van der Waals surface area contributed by atoms with Gasteiger partial charge in [-0.2, -0.15) is 0 Å². The number of hydrogen-bond acceptors (Lipinski definition) is 2. The van der Waals surface area contributed by atoms with Crippen molar-refractivity contribution in [3.8, 4) is 0 Å². The molecular weight excluding hydrogens is 244 g/mol. The molecule has 1 saturated carbocycles. The van der Waals surface area contributed by atoms with Crippen LogP contribution in [0.3, 0.4) is 0 Å². The Kier molecular flexibility index (Phi) is 3.46. The summed E-state index contributed by atoms with van der Waals surface area (Å²) < 4.78 is 0. The number of carboxylic acids is 1. The first-order valence-electron chi connectivity index (χ1n) is 6.33. The Morgan fingerprint density at radius 2 is 1.89 bits per heavy atom. The molecular formula is C14H18N2O3. The number of nitrogens with one attached hydrogen (secondary N) is 2. The molecule has 0 saturated heterocycles. The Labute approximate surface area is 112 Å². The van der Waals surface area contributed by atoms with Gasteiger partial charge in [0.25, 0.3) is 0 Å². The first-order valence-corrected chi connectivity index (χ1v) is 6.33. The predicted octanol–water partition coefficient (Wildman–Crippen LogP) is 2.43. The molecule has 0 atom stereocenters. The number of carboxylic acid groups (broad SMARTS) is 1. The maximum Gasteiger partial charge on any atom is 0.329 e. The van der Waals surface area contributed by atoms with Gasteiger partial charge >= 0.3 is 12.0 Å². The second-order valence-electron chi connectivity index (χ2n) is 5.12. The van der Waals surface area contributed by atoms with E-state index in [1.165, 1.54) is 0 Å². The Morgan fingerprint density at radius 1 is 1.21 bits per heavy atom. The summed E-state index contributed by atoms with van der Waals surface area (Å²) in [4.78, 5) is 23.0. The van der Waals surface area contributed by atoms with Crippen LogP contribution in [0.15, 0.2) is 18.2 Å². The van der Waals surface area contributed by atoms with Gasteiger partial charge in [0, 0.05) is 5.69 Å². The second-order valence-corrected chi connectivity index (χ2v) is 5.12. The molecule has 1 fully saturated rings. The molecule has 5 nitrogen and oxygen atoms in total. The van der Waals surface area contributed by atoms with E-state index >= 15 is 0 Å². The number of carbonyl (C=O) groups is 2. The van der Waals surface area contributed by atoms with Crippen LogP contribution in [0.2, 0.25) is 0 Å². The number of urea groups is 1. The predicted molar refractivity (Wildman–Crippen MR) is 72.3 cm³/mol. The summed E-state index contributed by atoms with van der Waals surface area (Å²) in [7, 11) is 0. The molecule has 0 aromatic heterocycles. The van der Waals surface area contributed by atoms with E-state index in [1.54, 1.807) is 6.07 Å². The van der Waals surface area contributed by atoms with Crippen molar-refractivity contribution in [1.29, 1.82) is 0 Å². The van der Waals surface area contributed by atoms with Crippen LogP contribution in [0, 0.1) is 13.8 Å². The van der Waals surface area contributed by atoms with Crippen molar-refractivity contribution >= 4 is 17.7 Å². The van der Waals surface area contributed by atoms with Gasteiger partial charge in [-0.3, -0.25) is 0 Å². The third-order valence-corrected chi connectivity index (χ3v) is 3.73. The van der Waals surface area contributed by atoms with Gasteiger partial charge in [-0.25, -0.2) is 9.59 Å². The zero-order chi connectivity index (χ0) is 14.0. The molecule has 0 bridgehead atoms. The third kappa shape index (κ3) is 2.70. The lowest BCUT2D eigenvalue weighted by Gasteiger charge is -2.38. The fourth-order valence-electron chi connectivity index (χ4n) is 2.12. The molecule has 1 aliphatic carbocycles. The fraction of sp³-hybridized carbons (Fsp3) is 0.429. The summed E-state index contributed by atoms with van der Waals surface area (Å²) in [6.45, 7) is 3.95. The molecule has 0 unspecified atom stereocenters. The Morgan fingerprint density at radius 3 is 2.37 bits per heavy atom. The molecule has 3 N–H and O–H groups in total. The van der Waals surface area contributed by atoms with Crippen LogP contribution in [0.5, 0.6) is 0 Å². The lowest BCUT2D eigenvalue weighted by Crippen LogP contribution is -2.60. The van der Waals surface area contributed by atoms with Crippen LogP contribution in [-0.2, 0) is 4.79 Å². The molecule has 1 aromatic carbocycles. The van der Waals surface area contributed by atoms with Crippen molar-refractivity contribution in [3.63, 3.8) is 0 Å². The smallest absolute Gasteiger partial charge is 0.329 e. The van der Waals surface area contributed by atoms with E-state index in [2.05, 4.69) is 10.6 Å². The summed E-state index contributed by atoms with van der Waals surface area (Å²) in [6.07, 6.45) is 1.81. The highest BCUT2D eigenvalue weighted by Crippen LogP contribution is 2.32. The number of aliphatic carboxylic acids is 1. The van der Waals surface area contributed by atoms with E-state index < -0.39 is 17.5 Å². The van der Waals surface area contributed by atoms with Gasteiger partial charge in [0.15, 0.2) is 0 Å². The van der Waals surface area contributed by atoms with Gasteiger partial charge in [-0.1, -0.05) is 6.07 Å². The third-order valence-electron chi connectivity index (χ3n) is 3.73. The zero-order valence-corrected chi connectivity index (χ0v) is 11.1. The lowest BCUT2D eigenvalue weighted by atomic mass is 9.77. The lowest BCUT2D eigenvalue weighted by molar-refractivity contribution is -0.148.